The van der Waals surface area contributed by atoms with Gasteiger partial charge in [0.05, 0.1) is 7.11 Å². The molecule has 3 heteroatoms. The lowest BCUT2D eigenvalue weighted by Crippen LogP contribution is -2.47. The number of piperidine rings is 1. The number of benzene rings is 2. The summed E-state index contributed by atoms with van der Waals surface area (Å²) in [6.07, 6.45) is 2.01. The maximum absolute atomic E-state index is 12.9. The number of ether oxygens (including phenoxy) is 1. The number of carbonyl (C=O) groups excluding carboxylic acids is 1. The zero-order valence-corrected chi connectivity index (χ0v) is 15.2. The molecule has 0 aromatic heterocycles. The SMILES string of the molecule is COc1ccc(/C=C2/CN(Cc3ccccc3)CC(C)(C)C2=O)cc1. The molecule has 0 atom stereocenters. The van der Waals surface area contributed by atoms with Gasteiger partial charge in [-0.1, -0.05) is 56.3 Å². The van der Waals surface area contributed by atoms with Crippen LogP contribution in [-0.4, -0.2) is 30.9 Å². The summed E-state index contributed by atoms with van der Waals surface area (Å²) in [5.74, 6) is 1.07. The number of methoxy groups -OCH3 is 1. The lowest BCUT2D eigenvalue weighted by atomic mass is 9.79. The number of likely N-dealkylation sites (tertiary alicyclic amines) is 1. The molecule has 0 spiro atoms. The number of carbonyl (C=O) groups is 1. The molecule has 1 aliphatic heterocycles. The Morgan fingerprint density at radius 3 is 2.40 bits per heavy atom. The van der Waals surface area contributed by atoms with Gasteiger partial charge in [-0.25, -0.2) is 0 Å². The molecule has 0 saturated carbocycles. The van der Waals surface area contributed by atoms with E-state index in [1.807, 2.05) is 50.3 Å². The van der Waals surface area contributed by atoms with Crippen molar-refractivity contribution in [1.29, 1.82) is 0 Å². The van der Waals surface area contributed by atoms with E-state index in [2.05, 4.69) is 29.2 Å². The zero-order chi connectivity index (χ0) is 17.9. The molecule has 25 heavy (non-hydrogen) atoms. The monoisotopic (exact) mass is 335 g/mol. The van der Waals surface area contributed by atoms with E-state index in [0.29, 0.717) is 6.54 Å². The number of nitrogens with zero attached hydrogens (tertiary/aromatic N) is 1. The Morgan fingerprint density at radius 1 is 1.08 bits per heavy atom. The summed E-state index contributed by atoms with van der Waals surface area (Å²) in [5, 5.41) is 0. The van der Waals surface area contributed by atoms with Crippen molar-refractivity contribution in [2.45, 2.75) is 20.4 Å². The normalized spacial score (nSPS) is 19.2. The van der Waals surface area contributed by atoms with Crippen molar-refractivity contribution in [2.24, 2.45) is 5.41 Å². The third-order valence-corrected chi connectivity index (χ3v) is 4.62. The molecule has 1 heterocycles. The van der Waals surface area contributed by atoms with Gasteiger partial charge in [-0.15, -0.1) is 0 Å². The highest BCUT2D eigenvalue weighted by atomic mass is 16.5. The first-order valence-electron chi connectivity index (χ1n) is 8.64. The van der Waals surface area contributed by atoms with Crippen LogP contribution in [0.5, 0.6) is 5.75 Å². The fourth-order valence-electron chi connectivity index (χ4n) is 3.40. The van der Waals surface area contributed by atoms with Gasteiger partial charge >= 0.3 is 0 Å². The van der Waals surface area contributed by atoms with Crippen LogP contribution >= 0.6 is 0 Å². The standard InChI is InChI=1S/C22H25NO2/c1-22(2)16-23(14-18-7-5-4-6-8-18)15-19(21(22)24)13-17-9-11-20(25-3)12-10-17/h4-13H,14-16H2,1-3H3/b19-13-. The number of hydrogen-bond acceptors (Lipinski definition) is 3. The summed E-state index contributed by atoms with van der Waals surface area (Å²) >= 11 is 0. The van der Waals surface area contributed by atoms with Gasteiger partial charge < -0.3 is 4.74 Å². The lowest BCUT2D eigenvalue weighted by molar-refractivity contribution is -0.126. The second kappa shape index (κ2) is 7.24. The van der Waals surface area contributed by atoms with Crippen LogP contribution in [0.25, 0.3) is 6.08 Å². The largest absolute Gasteiger partial charge is 0.497 e. The number of rotatable bonds is 4. The van der Waals surface area contributed by atoms with Crippen LogP contribution in [0.2, 0.25) is 0 Å². The van der Waals surface area contributed by atoms with Crippen molar-refractivity contribution in [1.82, 2.24) is 4.90 Å². The maximum atomic E-state index is 12.9. The average molecular weight is 335 g/mol. The van der Waals surface area contributed by atoms with E-state index in [0.717, 1.165) is 30.0 Å². The topological polar surface area (TPSA) is 29.5 Å². The van der Waals surface area contributed by atoms with Crippen molar-refractivity contribution in [2.75, 3.05) is 20.2 Å². The molecular formula is C22H25NO2. The minimum absolute atomic E-state index is 0.243. The van der Waals surface area contributed by atoms with Crippen LogP contribution in [0.4, 0.5) is 0 Å². The Kier molecular flexibility index (Phi) is 5.05. The Balaban J connectivity index is 1.83. The van der Waals surface area contributed by atoms with E-state index in [-0.39, 0.29) is 11.2 Å². The van der Waals surface area contributed by atoms with Gasteiger partial charge in [0.1, 0.15) is 5.75 Å². The first kappa shape index (κ1) is 17.4. The van der Waals surface area contributed by atoms with Crippen molar-refractivity contribution in [3.05, 3.63) is 71.3 Å². The highest BCUT2D eigenvalue weighted by molar-refractivity contribution is 6.04. The zero-order valence-electron chi connectivity index (χ0n) is 15.2. The van der Waals surface area contributed by atoms with Crippen molar-refractivity contribution < 1.29 is 9.53 Å². The Hall–Kier alpha value is -2.39. The van der Waals surface area contributed by atoms with E-state index in [1.165, 1.54) is 5.56 Å². The molecule has 130 valence electrons. The van der Waals surface area contributed by atoms with Crippen LogP contribution in [0.3, 0.4) is 0 Å². The number of Topliss-reactive ketones (excluding diaryl/α,β-unsaturated/α-hetero) is 1. The van der Waals surface area contributed by atoms with Crippen molar-refractivity contribution >= 4 is 11.9 Å². The molecule has 2 aromatic carbocycles. The van der Waals surface area contributed by atoms with Crippen molar-refractivity contribution in [3.63, 3.8) is 0 Å². The molecule has 0 N–H and O–H groups in total. The molecule has 1 fully saturated rings. The first-order valence-corrected chi connectivity index (χ1v) is 8.64. The number of hydrogen-bond donors (Lipinski definition) is 0. The van der Waals surface area contributed by atoms with Gasteiger partial charge in [-0.05, 0) is 29.3 Å². The van der Waals surface area contributed by atoms with Gasteiger partial charge in [-0.2, -0.15) is 0 Å². The lowest BCUT2D eigenvalue weighted by Gasteiger charge is -2.38. The summed E-state index contributed by atoms with van der Waals surface area (Å²) in [6, 6.07) is 18.2. The summed E-state index contributed by atoms with van der Waals surface area (Å²) in [4.78, 5) is 15.2. The molecule has 1 saturated heterocycles. The second-order valence-corrected chi connectivity index (χ2v) is 7.29. The first-order chi connectivity index (χ1) is 12.0. The highest BCUT2D eigenvalue weighted by Crippen LogP contribution is 2.30. The fourth-order valence-corrected chi connectivity index (χ4v) is 3.40. The molecular weight excluding hydrogens is 310 g/mol. The van der Waals surface area contributed by atoms with Gasteiger partial charge in [0.15, 0.2) is 5.78 Å². The van der Waals surface area contributed by atoms with E-state index in [1.54, 1.807) is 7.11 Å². The van der Waals surface area contributed by atoms with Crippen LogP contribution in [0, 0.1) is 5.41 Å². The van der Waals surface area contributed by atoms with E-state index in [4.69, 9.17) is 4.74 Å². The highest BCUT2D eigenvalue weighted by Gasteiger charge is 2.37. The third kappa shape index (κ3) is 4.18. The Morgan fingerprint density at radius 2 is 1.76 bits per heavy atom. The van der Waals surface area contributed by atoms with Gasteiger partial charge in [0, 0.05) is 30.6 Å². The maximum Gasteiger partial charge on any atom is 0.167 e. The molecule has 0 radical (unpaired) electrons. The summed E-state index contributed by atoms with van der Waals surface area (Å²) in [5.41, 5.74) is 2.81. The van der Waals surface area contributed by atoms with Gasteiger partial charge in [0.2, 0.25) is 0 Å². The van der Waals surface area contributed by atoms with E-state index < -0.39 is 0 Å². The molecule has 0 unspecified atom stereocenters. The van der Waals surface area contributed by atoms with Crippen LogP contribution < -0.4 is 4.74 Å². The molecule has 3 rings (SSSR count). The molecule has 2 aromatic rings. The molecule has 3 nitrogen and oxygen atoms in total. The van der Waals surface area contributed by atoms with Crippen LogP contribution in [0.15, 0.2) is 60.2 Å². The van der Waals surface area contributed by atoms with Crippen LogP contribution in [-0.2, 0) is 11.3 Å². The Bertz CT molecular complexity index is 760. The van der Waals surface area contributed by atoms with Crippen molar-refractivity contribution in [3.8, 4) is 5.75 Å². The smallest absolute Gasteiger partial charge is 0.167 e. The summed E-state index contributed by atoms with van der Waals surface area (Å²) in [6.45, 7) is 6.39. The Labute approximate surface area is 149 Å². The number of ketones is 1. The summed E-state index contributed by atoms with van der Waals surface area (Å²) < 4.78 is 5.20. The predicted octanol–water partition coefficient (Wildman–Crippen LogP) is 4.19. The molecule has 0 amide bonds. The van der Waals surface area contributed by atoms with E-state index >= 15 is 0 Å². The average Bonchev–Trinajstić information content (AvgIpc) is 2.60. The quantitative estimate of drug-likeness (QED) is 0.785. The molecule has 0 bridgehead atoms. The summed E-state index contributed by atoms with van der Waals surface area (Å²) in [7, 11) is 1.65. The minimum atomic E-state index is -0.370. The second-order valence-electron chi connectivity index (χ2n) is 7.29. The molecule has 1 aliphatic rings. The van der Waals surface area contributed by atoms with Crippen LogP contribution in [0.1, 0.15) is 25.0 Å². The van der Waals surface area contributed by atoms with E-state index in [9.17, 15) is 4.79 Å². The minimum Gasteiger partial charge on any atom is -0.497 e. The molecule has 0 aliphatic carbocycles. The predicted molar refractivity (Wildman–Crippen MR) is 101 cm³/mol. The van der Waals surface area contributed by atoms with Gasteiger partial charge in [0.25, 0.3) is 0 Å². The third-order valence-electron chi connectivity index (χ3n) is 4.62. The van der Waals surface area contributed by atoms with Gasteiger partial charge in [-0.3, -0.25) is 9.69 Å². The fraction of sp³-hybridized carbons (Fsp3) is 0.318.